The molecule has 1 saturated carbocycles. The topological polar surface area (TPSA) is 74.2 Å². The zero-order valence-electron chi connectivity index (χ0n) is 13.9. The van der Waals surface area contributed by atoms with Gasteiger partial charge in [-0.25, -0.2) is 0 Å². The number of hydrogen-bond donors (Lipinski definition) is 1. The molecule has 0 unspecified atom stereocenters. The van der Waals surface area contributed by atoms with Gasteiger partial charge in [0.05, 0.1) is 25.7 Å². The fourth-order valence-corrected chi connectivity index (χ4v) is 3.84. The molecule has 6 heteroatoms. The highest BCUT2D eigenvalue weighted by Gasteiger charge is 2.49. The molecule has 134 valence electrons. The number of hydrogen-bond acceptors (Lipinski definition) is 6. The zero-order chi connectivity index (χ0) is 17.3. The van der Waals surface area contributed by atoms with E-state index in [4.69, 9.17) is 18.9 Å². The third-order valence-electron chi connectivity index (χ3n) is 5.11. The van der Waals surface area contributed by atoms with E-state index in [0.717, 1.165) is 5.75 Å². The first-order chi connectivity index (χ1) is 12.2. The van der Waals surface area contributed by atoms with Gasteiger partial charge in [-0.05, 0) is 18.2 Å². The molecule has 0 spiro atoms. The minimum atomic E-state index is -0.961. The summed E-state index contributed by atoms with van der Waals surface area (Å²) in [5, 5.41) is 10.3. The molecule has 6 nitrogen and oxygen atoms in total. The zero-order valence-corrected chi connectivity index (χ0v) is 13.9. The lowest BCUT2D eigenvalue weighted by Gasteiger charge is -2.25. The van der Waals surface area contributed by atoms with Crippen molar-refractivity contribution in [1.82, 2.24) is 0 Å². The second-order valence-electron chi connectivity index (χ2n) is 6.75. The van der Waals surface area contributed by atoms with Gasteiger partial charge in [0.2, 0.25) is 5.79 Å². The molecule has 2 heterocycles. The second kappa shape index (κ2) is 6.78. The number of carbonyl (C=O) groups is 1. The SMILES string of the molecule is O=C1C[C@@H]2[C@@H](C=CC3(COc4ccccc4)OCCO3)[C@H](O)C[C@@H]2O1. The Morgan fingerprint density at radius 2 is 2.00 bits per heavy atom. The first kappa shape index (κ1) is 16.6. The molecule has 2 aliphatic heterocycles. The van der Waals surface area contributed by atoms with Crippen molar-refractivity contribution in [2.45, 2.75) is 30.8 Å². The number of benzene rings is 1. The van der Waals surface area contributed by atoms with Crippen molar-refractivity contribution in [2.75, 3.05) is 19.8 Å². The van der Waals surface area contributed by atoms with Crippen LogP contribution in [0.3, 0.4) is 0 Å². The number of carbonyl (C=O) groups excluding carboxylic acids is 1. The molecule has 0 aromatic heterocycles. The van der Waals surface area contributed by atoms with Crippen molar-refractivity contribution in [3.8, 4) is 5.75 Å². The van der Waals surface area contributed by atoms with Gasteiger partial charge in [-0.3, -0.25) is 4.79 Å². The van der Waals surface area contributed by atoms with Gasteiger partial charge in [0.15, 0.2) is 0 Å². The van der Waals surface area contributed by atoms with Crippen LogP contribution in [0.4, 0.5) is 0 Å². The van der Waals surface area contributed by atoms with Crippen molar-refractivity contribution in [2.24, 2.45) is 11.8 Å². The summed E-state index contributed by atoms with van der Waals surface area (Å²) >= 11 is 0. The molecule has 0 radical (unpaired) electrons. The van der Waals surface area contributed by atoms with E-state index in [0.29, 0.717) is 26.1 Å². The van der Waals surface area contributed by atoms with Gasteiger partial charge < -0.3 is 24.1 Å². The van der Waals surface area contributed by atoms with Crippen LogP contribution < -0.4 is 4.74 Å². The molecule has 3 aliphatic rings. The van der Waals surface area contributed by atoms with Gasteiger partial charge in [-0.1, -0.05) is 24.3 Å². The van der Waals surface area contributed by atoms with Crippen molar-refractivity contribution < 1.29 is 28.8 Å². The molecule has 1 aromatic carbocycles. The molecule has 0 amide bonds. The number of para-hydroxylation sites is 1. The lowest BCUT2D eigenvalue weighted by molar-refractivity contribution is -0.141. The van der Waals surface area contributed by atoms with E-state index in [-0.39, 0.29) is 30.5 Å². The predicted molar refractivity (Wildman–Crippen MR) is 87.8 cm³/mol. The summed E-state index contributed by atoms with van der Waals surface area (Å²) in [6, 6.07) is 9.48. The van der Waals surface area contributed by atoms with Crippen LogP contribution in [0, 0.1) is 11.8 Å². The van der Waals surface area contributed by atoms with E-state index in [1.807, 2.05) is 42.5 Å². The average Bonchev–Trinajstić information content (AvgIpc) is 3.28. The smallest absolute Gasteiger partial charge is 0.306 e. The fourth-order valence-electron chi connectivity index (χ4n) is 3.84. The quantitative estimate of drug-likeness (QED) is 0.646. The number of aliphatic hydroxyl groups excluding tert-OH is 1. The third kappa shape index (κ3) is 3.42. The van der Waals surface area contributed by atoms with Crippen LogP contribution in [0.2, 0.25) is 0 Å². The van der Waals surface area contributed by atoms with Gasteiger partial charge in [0.1, 0.15) is 18.5 Å². The Bertz CT molecular complexity index is 637. The predicted octanol–water partition coefficient (Wildman–Crippen LogP) is 1.68. The van der Waals surface area contributed by atoms with E-state index in [9.17, 15) is 9.90 Å². The lowest BCUT2D eigenvalue weighted by Crippen LogP contribution is -2.35. The van der Waals surface area contributed by atoms with Crippen LogP contribution >= 0.6 is 0 Å². The first-order valence-electron chi connectivity index (χ1n) is 8.68. The first-order valence-corrected chi connectivity index (χ1v) is 8.68. The summed E-state index contributed by atoms with van der Waals surface area (Å²) in [5.74, 6) is -0.525. The van der Waals surface area contributed by atoms with Crippen molar-refractivity contribution in [1.29, 1.82) is 0 Å². The van der Waals surface area contributed by atoms with E-state index in [1.165, 1.54) is 0 Å². The van der Waals surface area contributed by atoms with Gasteiger partial charge in [0.25, 0.3) is 0 Å². The van der Waals surface area contributed by atoms with Crippen LogP contribution in [-0.4, -0.2) is 48.9 Å². The maximum absolute atomic E-state index is 11.5. The van der Waals surface area contributed by atoms with Crippen LogP contribution in [0.25, 0.3) is 0 Å². The lowest BCUT2D eigenvalue weighted by atomic mass is 9.91. The summed E-state index contributed by atoms with van der Waals surface area (Å²) in [6.45, 7) is 1.20. The molecule has 4 rings (SSSR count). The Balaban J connectivity index is 1.46. The van der Waals surface area contributed by atoms with Gasteiger partial charge in [0, 0.05) is 18.3 Å². The highest BCUT2D eigenvalue weighted by Crippen LogP contribution is 2.42. The Kier molecular flexibility index (Phi) is 4.50. The van der Waals surface area contributed by atoms with Crippen LogP contribution in [0.15, 0.2) is 42.5 Å². The van der Waals surface area contributed by atoms with Crippen LogP contribution in [0.1, 0.15) is 12.8 Å². The van der Waals surface area contributed by atoms with Gasteiger partial charge in [-0.15, -0.1) is 0 Å². The Morgan fingerprint density at radius 3 is 2.76 bits per heavy atom. The third-order valence-corrected chi connectivity index (χ3v) is 5.11. The minimum Gasteiger partial charge on any atom is -0.488 e. The molecule has 3 fully saturated rings. The average molecular weight is 346 g/mol. The molecular weight excluding hydrogens is 324 g/mol. The van der Waals surface area contributed by atoms with Crippen LogP contribution in [0.5, 0.6) is 5.75 Å². The molecule has 1 aliphatic carbocycles. The number of aliphatic hydroxyl groups is 1. The monoisotopic (exact) mass is 346 g/mol. The fraction of sp³-hybridized carbons (Fsp3) is 0.526. The minimum absolute atomic E-state index is 0.0206. The standard InChI is InChI=1S/C19H22O6/c20-16-11-17-15(10-18(21)25-17)14(16)6-7-19(23-8-9-24-19)12-22-13-4-2-1-3-5-13/h1-7,14-17,20H,8-12H2/t14-,15-,16-,17+/m1/s1. The Morgan fingerprint density at radius 1 is 1.24 bits per heavy atom. The normalized spacial score (nSPS) is 33.6. The van der Waals surface area contributed by atoms with E-state index >= 15 is 0 Å². The largest absolute Gasteiger partial charge is 0.488 e. The molecule has 0 bridgehead atoms. The van der Waals surface area contributed by atoms with E-state index < -0.39 is 11.9 Å². The maximum Gasteiger partial charge on any atom is 0.306 e. The Hall–Kier alpha value is -1.89. The highest BCUT2D eigenvalue weighted by atomic mass is 16.8. The molecule has 1 aromatic rings. The highest BCUT2D eigenvalue weighted by molar-refractivity contribution is 5.72. The maximum atomic E-state index is 11.5. The number of rotatable bonds is 5. The molecule has 25 heavy (non-hydrogen) atoms. The number of esters is 1. The summed E-state index contributed by atoms with van der Waals surface area (Å²) in [4.78, 5) is 11.5. The van der Waals surface area contributed by atoms with Crippen molar-refractivity contribution in [3.63, 3.8) is 0 Å². The van der Waals surface area contributed by atoms with Crippen molar-refractivity contribution >= 4 is 5.97 Å². The molecule has 2 saturated heterocycles. The Labute approximate surface area is 146 Å². The number of ether oxygens (including phenoxy) is 4. The molecule has 4 atom stereocenters. The summed E-state index contributed by atoms with van der Waals surface area (Å²) < 4.78 is 22.6. The molecule has 1 N–H and O–H groups in total. The summed E-state index contributed by atoms with van der Waals surface area (Å²) in [6.07, 6.45) is 3.86. The summed E-state index contributed by atoms with van der Waals surface area (Å²) in [5.41, 5.74) is 0. The van der Waals surface area contributed by atoms with Crippen LogP contribution in [-0.2, 0) is 19.0 Å². The van der Waals surface area contributed by atoms with E-state index in [1.54, 1.807) is 0 Å². The number of fused-ring (bicyclic) bond motifs is 1. The second-order valence-corrected chi connectivity index (χ2v) is 6.75. The van der Waals surface area contributed by atoms with Gasteiger partial charge >= 0.3 is 5.97 Å². The van der Waals surface area contributed by atoms with E-state index in [2.05, 4.69) is 0 Å². The summed E-state index contributed by atoms with van der Waals surface area (Å²) in [7, 11) is 0. The van der Waals surface area contributed by atoms with Gasteiger partial charge in [-0.2, -0.15) is 0 Å². The van der Waals surface area contributed by atoms with Crippen molar-refractivity contribution in [3.05, 3.63) is 42.5 Å². The molecular formula is C19H22O6.